The maximum Gasteiger partial charge on any atom is 0.222 e. The van der Waals surface area contributed by atoms with Crippen LogP contribution in [0.3, 0.4) is 0 Å². The summed E-state index contributed by atoms with van der Waals surface area (Å²) in [6, 6.07) is 15.7. The van der Waals surface area contributed by atoms with Crippen molar-refractivity contribution in [1.82, 2.24) is 14.9 Å². The molecule has 30 heavy (non-hydrogen) atoms. The number of hydrogen-bond donors (Lipinski definition) is 1. The van der Waals surface area contributed by atoms with Gasteiger partial charge in [-0.05, 0) is 37.1 Å². The molecule has 0 unspecified atom stereocenters. The zero-order valence-corrected chi connectivity index (χ0v) is 18.5. The van der Waals surface area contributed by atoms with Crippen LogP contribution in [0.4, 0.5) is 0 Å². The number of nitrogens with one attached hydrogen (secondary N) is 1. The summed E-state index contributed by atoms with van der Waals surface area (Å²) >= 11 is 6.19. The summed E-state index contributed by atoms with van der Waals surface area (Å²) in [6.07, 6.45) is 3.97. The predicted molar refractivity (Wildman–Crippen MR) is 122 cm³/mol. The van der Waals surface area contributed by atoms with Crippen LogP contribution in [0.25, 0.3) is 11.0 Å². The molecule has 6 heteroatoms. The molecule has 0 spiro atoms. The summed E-state index contributed by atoms with van der Waals surface area (Å²) in [5.41, 5.74) is 2.13. The van der Waals surface area contributed by atoms with Gasteiger partial charge in [0.05, 0.1) is 22.6 Å². The molecule has 2 aromatic carbocycles. The molecule has 3 rings (SSSR count). The van der Waals surface area contributed by atoms with Crippen LogP contribution in [0.2, 0.25) is 5.02 Å². The van der Waals surface area contributed by atoms with Crippen LogP contribution in [0.1, 0.15) is 38.9 Å². The van der Waals surface area contributed by atoms with Gasteiger partial charge in [0.2, 0.25) is 5.91 Å². The van der Waals surface area contributed by atoms with Crippen molar-refractivity contribution in [3.63, 3.8) is 0 Å². The van der Waals surface area contributed by atoms with Crippen LogP contribution in [-0.4, -0.2) is 28.6 Å². The van der Waals surface area contributed by atoms with Crippen LogP contribution in [0.5, 0.6) is 5.75 Å². The van der Waals surface area contributed by atoms with E-state index in [4.69, 9.17) is 21.3 Å². The summed E-state index contributed by atoms with van der Waals surface area (Å²) < 4.78 is 8.14. The number of carbonyl (C=O) groups is 1. The molecule has 1 aromatic heterocycles. The fourth-order valence-corrected chi connectivity index (χ4v) is 3.57. The number of fused-ring (bicyclic) bond motifs is 1. The summed E-state index contributed by atoms with van der Waals surface area (Å²) in [7, 11) is 0. The average molecular weight is 428 g/mol. The summed E-state index contributed by atoms with van der Waals surface area (Å²) in [5, 5.41) is 3.60. The smallest absolute Gasteiger partial charge is 0.222 e. The fourth-order valence-electron chi connectivity index (χ4n) is 3.38. The molecule has 160 valence electrons. The first-order valence-electron chi connectivity index (χ1n) is 10.7. The molecule has 0 radical (unpaired) electrons. The highest BCUT2D eigenvalue weighted by molar-refractivity contribution is 6.32. The van der Waals surface area contributed by atoms with Gasteiger partial charge in [0.25, 0.3) is 0 Å². The second-order valence-corrected chi connectivity index (χ2v) is 8.11. The minimum Gasteiger partial charge on any atom is -0.490 e. The predicted octanol–water partition coefficient (Wildman–Crippen LogP) is 5.25. The van der Waals surface area contributed by atoms with Gasteiger partial charge >= 0.3 is 0 Å². The van der Waals surface area contributed by atoms with E-state index >= 15 is 0 Å². The van der Waals surface area contributed by atoms with Crippen molar-refractivity contribution >= 4 is 28.5 Å². The van der Waals surface area contributed by atoms with Gasteiger partial charge in [-0.3, -0.25) is 4.79 Å². The number of imidazole rings is 1. The second-order valence-electron chi connectivity index (χ2n) is 7.70. The molecular formula is C24H30ClN3O2. The van der Waals surface area contributed by atoms with E-state index in [1.165, 1.54) is 0 Å². The van der Waals surface area contributed by atoms with Gasteiger partial charge in [-0.15, -0.1) is 0 Å². The van der Waals surface area contributed by atoms with Gasteiger partial charge < -0.3 is 14.6 Å². The Kier molecular flexibility index (Phi) is 8.14. The van der Waals surface area contributed by atoms with Crippen LogP contribution < -0.4 is 10.1 Å². The Morgan fingerprint density at radius 2 is 1.87 bits per heavy atom. The highest BCUT2D eigenvalue weighted by Gasteiger charge is 2.11. The average Bonchev–Trinajstić information content (AvgIpc) is 3.09. The van der Waals surface area contributed by atoms with Crippen molar-refractivity contribution in [2.75, 3.05) is 13.2 Å². The molecule has 0 aliphatic carbocycles. The van der Waals surface area contributed by atoms with E-state index in [1.54, 1.807) is 0 Å². The number of aromatic nitrogens is 2. The number of aryl methyl sites for hydroxylation is 1. The van der Waals surface area contributed by atoms with Crippen LogP contribution in [0.15, 0.2) is 48.5 Å². The number of ether oxygens (including phenoxy) is 1. The maximum absolute atomic E-state index is 11.6. The maximum atomic E-state index is 11.6. The van der Waals surface area contributed by atoms with E-state index in [0.717, 1.165) is 49.1 Å². The lowest BCUT2D eigenvalue weighted by atomic mass is 10.1. The third kappa shape index (κ3) is 5.99. The molecular weight excluding hydrogens is 398 g/mol. The molecule has 0 atom stereocenters. The number of para-hydroxylation sites is 3. The highest BCUT2D eigenvalue weighted by Crippen LogP contribution is 2.23. The van der Waals surface area contributed by atoms with Crippen molar-refractivity contribution in [2.24, 2.45) is 5.92 Å². The van der Waals surface area contributed by atoms with Crippen molar-refractivity contribution in [3.05, 3.63) is 59.4 Å². The number of carbonyl (C=O) groups excluding carboxylic acids is 1. The number of hydrogen-bond acceptors (Lipinski definition) is 3. The Morgan fingerprint density at radius 1 is 1.10 bits per heavy atom. The zero-order chi connectivity index (χ0) is 21.3. The lowest BCUT2D eigenvalue weighted by molar-refractivity contribution is -0.123. The Bertz CT molecular complexity index is 968. The molecule has 1 heterocycles. The number of unbranched alkanes of at least 4 members (excludes halogenated alkanes) is 2. The standard InChI is InChI=1S/C24H30ClN3O2/c1-18(2)24(29)26-15-9-3-4-14-23-27-20-11-6-7-12-21(20)28(23)16-17-30-22-13-8-5-10-19(22)25/h5-8,10-13,18H,3-4,9,14-17H2,1-2H3,(H,26,29). The number of nitrogens with zero attached hydrogens (tertiary/aromatic N) is 2. The van der Waals surface area contributed by atoms with Gasteiger partial charge in [0, 0.05) is 18.9 Å². The van der Waals surface area contributed by atoms with E-state index in [-0.39, 0.29) is 11.8 Å². The highest BCUT2D eigenvalue weighted by atomic mass is 35.5. The minimum atomic E-state index is 0.0397. The lowest BCUT2D eigenvalue weighted by Crippen LogP contribution is -2.28. The van der Waals surface area contributed by atoms with Crippen molar-refractivity contribution in [3.8, 4) is 5.75 Å². The molecule has 0 aliphatic rings. The molecule has 0 bridgehead atoms. The molecule has 1 amide bonds. The Morgan fingerprint density at radius 3 is 2.67 bits per heavy atom. The molecule has 1 N–H and O–H groups in total. The van der Waals surface area contributed by atoms with E-state index in [9.17, 15) is 4.79 Å². The third-order valence-corrected chi connectivity index (χ3v) is 5.36. The van der Waals surface area contributed by atoms with Gasteiger partial charge in [0.1, 0.15) is 18.2 Å². The Balaban J connectivity index is 1.55. The molecule has 0 saturated heterocycles. The van der Waals surface area contributed by atoms with E-state index < -0.39 is 0 Å². The van der Waals surface area contributed by atoms with Crippen molar-refractivity contribution in [2.45, 2.75) is 46.1 Å². The zero-order valence-electron chi connectivity index (χ0n) is 17.7. The SMILES string of the molecule is CC(C)C(=O)NCCCCCc1nc2ccccc2n1CCOc1ccccc1Cl. The monoisotopic (exact) mass is 427 g/mol. The summed E-state index contributed by atoms with van der Waals surface area (Å²) in [5.74, 6) is 1.94. The third-order valence-electron chi connectivity index (χ3n) is 5.04. The first-order chi connectivity index (χ1) is 14.6. The topological polar surface area (TPSA) is 56.2 Å². The molecule has 0 aliphatic heterocycles. The van der Waals surface area contributed by atoms with E-state index in [1.807, 2.05) is 56.3 Å². The van der Waals surface area contributed by atoms with Crippen LogP contribution in [0, 0.1) is 5.92 Å². The van der Waals surface area contributed by atoms with Crippen molar-refractivity contribution in [1.29, 1.82) is 0 Å². The second kappa shape index (κ2) is 11.0. The number of amides is 1. The molecule has 5 nitrogen and oxygen atoms in total. The summed E-state index contributed by atoms with van der Waals surface area (Å²) in [4.78, 5) is 16.5. The number of benzene rings is 2. The first kappa shape index (κ1) is 22.2. The Hall–Kier alpha value is -2.53. The lowest BCUT2D eigenvalue weighted by Gasteiger charge is -2.12. The van der Waals surface area contributed by atoms with E-state index in [2.05, 4.69) is 16.0 Å². The number of halogens is 1. The van der Waals surface area contributed by atoms with Crippen molar-refractivity contribution < 1.29 is 9.53 Å². The van der Waals surface area contributed by atoms with Crippen LogP contribution in [-0.2, 0) is 17.8 Å². The molecule has 0 saturated carbocycles. The van der Waals surface area contributed by atoms with Gasteiger partial charge in [-0.2, -0.15) is 0 Å². The quantitative estimate of drug-likeness (QED) is 0.425. The largest absolute Gasteiger partial charge is 0.490 e. The van der Waals surface area contributed by atoms with Gasteiger partial charge in [-0.1, -0.05) is 56.1 Å². The normalized spacial score (nSPS) is 11.2. The van der Waals surface area contributed by atoms with Gasteiger partial charge in [0.15, 0.2) is 0 Å². The first-order valence-corrected chi connectivity index (χ1v) is 11.0. The molecule has 0 fully saturated rings. The Labute approximate surface area is 183 Å². The number of rotatable bonds is 11. The van der Waals surface area contributed by atoms with Gasteiger partial charge in [-0.25, -0.2) is 4.98 Å². The fraction of sp³-hybridized carbons (Fsp3) is 0.417. The molecule has 3 aromatic rings. The minimum absolute atomic E-state index is 0.0397. The van der Waals surface area contributed by atoms with Crippen LogP contribution >= 0.6 is 11.6 Å². The summed E-state index contributed by atoms with van der Waals surface area (Å²) in [6.45, 7) is 5.80. The van der Waals surface area contributed by atoms with E-state index in [0.29, 0.717) is 23.9 Å².